The van der Waals surface area contributed by atoms with Crippen LogP contribution in [0, 0.1) is 15.5 Å². The molecule has 1 aliphatic heterocycles. The van der Waals surface area contributed by atoms with Crippen LogP contribution in [-0.2, 0) is 18.4 Å². The molecule has 128 valence electrons. The minimum absolute atomic E-state index is 0.0754. The molecule has 1 N–H and O–H groups in total. The van der Waals surface area contributed by atoms with E-state index in [4.69, 9.17) is 10.1 Å². The molecule has 1 saturated heterocycles. The van der Waals surface area contributed by atoms with Crippen LogP contribution in [0.25, 0.3) is 0 Å². The van der Waals surface area contributed by atoms with Gasteiger partial charge in [0.1, 0.15) is 12.0 Å². The molecule has 2 heterocycles. The van der Waals surface area contributed by atoms with Crippen molar-refractivity contribution in [2.75, 3.05) is 13.1 Å². The van der Waals surface area contributed by atoms with Crippen LogP contribution in [0.3, 0.4) is 0 Å². The van der Waals surface area contributed by atoms with E-state index < -0.39 is 4.92 Å². The standard InChI is InChI=1S/C16H21N5O3/c1-19-15(18-10-16(19)21(22)23)11-24-14-6-5-12(9-13(14)17)20-7-3-2-4-8-20/h5-6,10,17H,2-4,7-9,11H2,1H3. The van der Waals surface area contributed by atoms with E-state index in [9.17, 15) is 10.1 Å². The average Bonchev–Trinajstić information content (AvgIpc) is 2.95. The van der Waals surface area contributed by atoms with Crippen LogP contribution in [0.2, 0.25) is 0 Å². The highest BCUT2D eigenvalue weighted by Crippen LogP contribution is 2.24. The first kappa shape index (κ1) is 16.2. The summed E-state index contributed by atoms with van der Waals surface area (Å²) in [5.74, 6) is 0.885. The monoisotopic (exact) mass is 331 g/mol. The zero-order chi connectivity index (χ0) is 17.1. The number of allylic oxidation sites excluding steroid dienone is 4. The zero-order valence-corrected chi connectivity index (χ0v) is 13.7. The average molecular weight is 331 g/mol. The molecule has 0 radical (unpaired) electrons. The first-order valence-electron chi connectivity index (χ1n) is 8.07. The van der Waals surface area contributed by atoms with Gasteiger partial charge in [-0.15, -0.1) is 0 Å². The molecule has 0 atom stereocenters. The van der Waals surface area contributed by atoms with Crippen molar-refractivity contribution in [1.82, 2.24) is 14.5 Å². The fourth-order valence-corrected chi connectivity index (χ4v) is 3.02. The minimum Gasteiger partial charge on any atom is -0.481 e. The van der Waals surface area contributed by atoms with E-state index in [1.54, 1.807) is 7.05 Å². The number of piperidine rings is 1. The van der Waals surface area contributed by atoms with Gasteiger partial charge in [-0.05, 0) is 36.3 Å². The third kappa shape index (κ3) is 3.32. The SMILES string of the molecule is Cn1c([N+](=O)[O-])cnc1COC1=CC=C(N2CCCCC2)CC1=N. The third-order valence-electron chi connectivity index (χ3n) is 4.45. The smallest absolute Gasteiger partial charge is 0.342 e. The normalized spacial score (nSPS) is 18.2. The number of rotatable bonds is 5. The fraction of sp³-hybridized carbons (Fsp3) is 0.500. The van der Waals surface area contributed by atoms with Crippen molar-refractivity contribution >= 4 is 11.5 Å². The summed E-state index contributed by atoms with van der Waals surface area (Å²) in [5, 5.41) is 19.0. The van der Waals surface area contributed by atoms with E-state index in [0.29, 0.717) is 23.7 Å². The maximum Gasteiger partial charge on any atom is 0.342 e. The van der Waals surface area contributed by atoms with E-state index in [-0.39, 0.29) is 12.4 Å². The molecule has 2 aliphatic rings. The highest BCUT2D eigenvalue weighted by Gasteiger charge is 2.21. The van der Waals surface area contributed by atoms with Crippen molar-refractivity contribution < 1.29 is 9.66 Å². The van der Waals surface area contributed by atoms with Crippen LogP contribution in [-0.4, -0.2) is 38.2 Å². The van der Waals surface area contributed by atoms with Crippen LogP contribution < -0.4 is 0 Å². The molecule has 3 rings (SSSR count). The number of hydrogen-bond acceptors (Lipinski definition) is 6. The predicted molar refractivity (Wildman–Crippen MR) is 88.6 cm³/mol. The Hall–Kier alpha value is -2.64. The van der Waals surface area contributed by atoms with Gasteiger partial charge >= 0.3 is 5.82 Å². The molecule has 24 heavy (non-hydrogen) atoms. The van der Waals surface area contributed by atoms with Crippen LogP contribution in [0.4, 0.5) is 5.82 Å². The molecule has 0 bridgehead atoms. The first-order chi connectivity index (χ1) is 11.6. The van der Waals surface area contributed by atoms with Crippen LogP contribution in [0.1, 0.15) is 31.5 Å². The summed E-state index contributed by atoms with van der Waals surface area (Å²) in [6.45, 7) is 2.21. The van der Waals surface area contributed by atoms with Gasteiger partial charge in [0.2, 0.25) is 5.82 Å². The number of hydrogen-bond donors (Lipinski definition) is 1. The molecule has 8 heteroatoms. The van der Waals surface area contributed by atoms with Crippen molar-refractivity contribution in [3.8, 4) is 0 Å². The molecule has 1 aliphatic carbocycles. The molecule has 0 saturated carbocycles. The van der Waals surface area contributed by atoms with E-state index in [2.05, 4.69) is 9.88 Å². The second-order valence-corrected chi connectivity index (χ2v) is 6.03. The highest BCUT2D eigenvalue weighted by atomic mass is 16.6. The molecule has 0 aromatic carbocycles. The Bertz CT molecular complexity index is 713. The topological polar surface area (TPSA) is 97.3 Å². The Balaban J connectivity index is 1.65. The second-order valence-electron chi connectivity index (χ2n) is 6.03. The lowest BCUT2D eigenvalue weighted by molar-refractivity contribution is -0.391. The number of ether oxygens (including phenoxy) is 1. The number of aromatic nitrogens is 2. The number of nitrogens with one attached hydrogen (secondary N) is 1. The van der Waals surface area contributed by atoms with Crippen LogP contribution in [0.5, 0.6) is 0 Å². The summed E-state index contributed by atoms with van der Waals surface area (Å²) in [6.07, 6.45) is 9.29. The number of nitro groups is 1. The molecule has 1 aromatic rings. The summed E-state index contributed by atoms with van der Waals surface area (Å²) < 4.78 is 7.05. The van der Waals surface area contributed by atoms with Gasteiger partial charge in [0.05, 0.1) is 12.8 Å². The Morgan fingerprint density at radius 3 is 2.71 bits per heavy atom. The lowest BCUT2D eigenvalue weighted by Gasteiger charge is -2.32. The van der Waals surface area contributed by atoms with Gasteiger partial charge in [-0.2, -0.15) is 0 Å². The van der Waals surface area contributed by atoms with Crippen LogP contribution >= 0.6 is 0 Å². The molecular weight excluding hydrogens is 310 g/mol. The Morgan fingerprint density at radius 1 is 1.33 bits per heavy atom. The largest absolute Gasteiger partial charge is 0.481 e. The first-order valence-corrected chi connectivity index (χ1v) is 8.07. The molecule has 0 amide bonds. The molecule has 8 nitrogen and oxygen atoms in total. The Morgan fingerprint density at radius 2 is 2.08 bits per heavy atom. The van der Waals surface area contributed by atoms with Gasteiger partial charge in [-0.3, -0.25) is 0 Å². The van der Waals surface area contributed by atoms with E-state index in [0.717, 1.165) is 13.1 Å². The van der Waals surface area contributed by atoms with Crippen molar-refractivity contribution in [1.29, 1.82) is 5.41 Å². The molecule has 1 fully saturated rings. The quantitative estimate of drug-likeness (QED) is 0.660. The van der Waals surface area contributed by atoms with Crippen molar-refractivity contribution in [2.24, 2.45) is 7.05 Å². The molecular formula is C16H21N5O3. The van der Waals surface area contributed by atoms with Gasteiger partial charge < -0.3 is 25.2 Å². The minimum atomic E-state index is -0.480. The fourth-order valence-electron chi connectivity index (χ4n) is 3.02. The summed E-state index contributed by atoms with van der Waals surface area (Å²) in [5.41, 5.74) is 1.60. The molecule has 0 unspecified atom stereocenters. The third-order valence-corrected chi connectivity index (χ3v) is 4.45. The highest BCUT2D eigenvalue weighted by molar-refractivity contribution is 5.98. The summed E-state index contributed by atoms with van der Waals surface area (Å²) in [4.78, 5) is 16.7. The van der Waals surface area contributed by atoms with Gasteiger partial charge in [0.25, 0.3) is 0 Å². The maximum atomic E-state index is 10.8. The molecule has 0 spiro atoms. The summed E-state index contributed by atoms with van der Waals surface area (Å²) in [7, 11) is 1.58. The summed E-state index contributed by atoms with van der Waals surface area (Å²) >= 11 is 0. The number of likely N-dealkylation sites (tertiary alicyclic amines) is 1. The van der Waals surface area contributed by atoms with E-state index in [1.165, 1.54) is 35.7 Å². The van der Waals surface area contributed by atoms with Gasteiger partial charge in [0, 0.05) is 25.2 Å². The lowest BCUT2D eigenvalue weighted by atomic mass is 10.0. The Labute approximate surface area is 140 Å². The van der Waals surface area contributed by atoms with Gasteiger partial charge in [0.15, 0.2) is 6.61 Å². The lowest BCUT2D eigenvalue weighted by Crippen LogP contribution is -2.31. The Kier molecular flexibility index (Phi) is 4.64. The van der Waals surface area contributed by atoms with Crippen molar-refractivity contribution in [3.05, 3.63) is 45.7 Å². The number of imidazole rings is 1. The van der Waals surface area contributed by atoms with E-state index in [1.807, 2.05) is 12.2 Å². The number of nitrogens with zero attached hydrogens (tertiary/aromatic N) is 4. The van der Waals surface area contributed by atoms with E-state index >= 15 is 0 Å². The predicted octanol–water partition coefficient (Wildman–Crippen LogP) is 2.52. The maximum absolute atomic E-state index is 10.8. The van der Waals surface area contributed by atoms with Crippen molar-refractivity contribution in [3.63, 3.8) is 0 Å². The van der Waals surface area contributed by atoms with Gasteiger partial charge in [-0.1, -0.05) is 0 Å². The molecule has 1 aromatic heterocycles. The summed E-state index contributed by atoms with van der Waals surface area (Å²) in [6, 6.07) is 0. The van der Waals surface area contributed by atoms with Crippen molar-refractivity contribution in [2.45, 2.75) is 32.3 Å². The van der Waals surface area contributed by atoms with Crippen LogP contribution in [0.15, 0.2) is 29.8 Å². The zero-order valence-electron chi connectivity index (χ0n) is 13.7. The van der Waals surface area contributed by atoms with Gasteiger partial charge in [-0.25, -0.2) is 9.55 Å². The second kappa shape index (κ2) is 6.86.